The minimum absolute atomic E-state index is 0.0758. The Hall–Kier alpha value is -3.68. The number of aromatic hydroxyl groups is 1. The van der Waals surface area contributed by atoms with E-state index >= 15 is 0 Å². The van der Waals surface area contributed by atoms with Crippen LogP contribution in [-0.4, -0.2) is 34.5 Å². The van der Waals surface area contributed by atoms with E-state index in [2.05, 4.69) is 20.7 Å². The number of nitrogens with zero attached hydrogens (tertiary/aromatic N) is 2. The standard InChI is InChI=1S/C18H15FN4O3/c1-26-16-4-2-3-12(17(16)24)10-20-23-18(25)15-9-14(21-22-15)11-5-7-13(19)8-6-11/h2-10,24H,1H3,(H,21,22)(H,23,25)/b20-10+. The fraction of sp³-hybridized carbons (Fsp3) is 0.0556. The van der Waals surface area contributed by atoms with Gasteiger partial charge < -0.3 is 9.84 Å². The summed E-state index contributed by atoms with van der Waals surface area (Å²) in [5, 5.41) is 20.4. The van der Waals surface area contributed by atoms with Gasteiger partial charge in [0.15, 0.2) is 11.5 Å². The molecule has 0 spiro atoms. The van der Waals surface area contributed by atoms with E-state index in [4.69, 9.17) is 4.74 Å². The molecule has 1 heterocycles. The number of methoxy groups -OCH3 is 1. The van der Waals surface area contributed by atoms with Crippen LogP contribution in [0.3, 0.4) is 0 Å². The number of amides is 1. The maximum absolute atomic E-state index is 13.0. The zero-order chi connectivity index (χ0) is 18.5. The first kappa shape index (κ1) is 17.2. The van der Waals surface area contributed by atoms with Crippen molar-refractivity contribution in [1.82, 2.24) is 15.6 Å². The van der Waals surface area contributed by atoms with Gasteiger partial charge in [-0.05, 0) is 42.5 Å². The number of H-pyrrole nitrogens is 1. The zero-order valence-electron chi connectivity index (χ0n) is 13.7. The topological polar surface area (TPSA) is 99.6 Å². The van der Waals surface area contributed by atoms with Crippen LogP contribution in [0.1, 0.15) is 16.1 Å². The number of benzene rings is 2. The minimum atomic E-state index is -0.510. The number of phenols is 1. The summed E-state index contributed by atoms with van der Waals surface area (Å²) in [5.41, 5.74) is 4.09. The number of halogens is 1. The summed E-state index contributed by atoms with van der Waals surface area (Å²) in [4.78, 5) is 12.1. The summed E-state index contributed by atoms with van der Waals surface area (Å²) in [7, 11) is 1.44. The first-order chi connectivity index (χ1) is 12.6. The molecule has 0 fully saturated rings. The van der Waals surface area contributed by atoms with Crippen LogP contribution in [0.25, 0.3) is 11.3 Å². The second-order valence-electron chi connectivity index (χ2n) is 5.27. The SMILES string of the molecule is COc1cccc(/C=N/NC(=O)c2cc(-c3ccc(F)cc3)n[nH]2)c1O. The molecule has 0 aliphatic carbocycles. The highest BCUT2D eigenvalue weighted by atomic mass is 19.1. The normalized spacial score (nSPS) is 10.8. The molecule has 3 N–H and O–H groups in total. The van der Waals surface area contributed by atoms with E-state index in [0.717, 1.165) is 0 Å². The Morgan fingerprint density at radius 1 is 1.31 bits per heavy atom. The van der Waals surface area contributed by atoms with Gasteiger partial charge in [0.25, 0.3) is 5.91 Å². The van der Waals surface area contributed by atoms with E-state index in [9.17, 15) is 14.3 Å². The van der Waals surface area contributed by atoms with Crippen molar-refractivity contribution in [3.05, 3.63) is 65.6 Å². The van der Waals surface area contributed by atoms with Crippen molar-refractivity contribution in [3.8, 4) is 22.8 Å². The Labute approximate surface area is 148 Å². The molecular formula is C18H15FN4O3. The van der Waals surface area contributed by atoms with E-state index in [1.54, 1.807) is 30.3 Å². The Bertz CT molecular complexity index is 951. The Balaban J connectivity index is 1.68. The molecule has 1 amide bonds. The predicted molar refractivity (Wildman–Crippen MR) is 93.7 cm³/mol. The maximum Gasteiger partial charge on any atom is 0.289 e. The van der Waals surface area contributed by atoms with Gasteiger partial charge in [-0.25, -0.2) is 9.82 Å². The monoisotopic (exact) mass is 354 g/mol. The number of ether oxygens (including phenoxy) is 1. The number of hydrogen-bond donors (Lipinski definition) is 3. The van der Waals surface area contributed by atoms with Crippen molar-refractivity contribution in [1.29, 1.82) is 0 Å². The summed E-state index contributed by atoms with van der Waals surface area (Å²) in [6.07, 6.45) is 1.30. The van der Waals surface area contributed by atoms with Crippen molar-refractivity contribution in [3.63, 3.8) is 0 Å². The third kappa shape index (κ3) is 3.69. The fourth-order valence-electron chi connectivity index (χ4n) is 2.24. The van der Waals surface area contributed by atoms with Crippen LogP contribution in [0.4, 0.5) is 4.39 Å². The molecule has 3 rings (SSSR count). The van der Waals surface area contributed by atoms with Gasteiger partial charge in [-0.1, -0.05) is 6.07 Å². The van der Waals surface area contributed by atoms with E-state index < -0.39 is 5.91 Å². The number of carbonyl (C=O) groups excluding carboxylic acids is 1. The van der Waals surface area contributed by atoms with Crippen molar-refractivity contribution >= 4 is 12.1 Å². The number of aromatic amines is 1. The number of hydrazone groups is 1. The molecule has 0 aliphatic heterocycles. The molecule has 1 aromatic heterocycles. The number of phenolic OH excluding ortho intramolecular Hbond substituents is 1. The second-order valence-corrected chi connectivity index (χ2v) is 5.27. The van der Waals surface area contributed by atoms with Crippen molar-refractivity contribution in [2.45, 2.75) is 0 Å². The second kappa shape index (κ2) is 7.47. The summed E-state index contributed by atoms with van der Waals surface area (Å²) in [6.45, 7) is 0. The quantitative estimate of drug-likeness (QED) is 0.484. The van der Waals surface area contributed by atoms with E-state index in [-0.39, 0.29) is 17.3 Å². The van der Waals surface area contributed by atoms with Gasteiger partial charge in [0.2, 0.25) is 0 Å². The molecular weight excluding hydrogens is 339 g/mol. The molecule has 2 aromatic carbocycles. The number of aromatic nitrogens is 2. The molecule has 8 heteroatoms. The Morgan fingerprint density at radius 3 is 2.81 bits per heavy atom. The largest absolute Gasteiger partial charge is 0.504 e. The Kier molecular flexibility index (Phi) is 4.93. The predicted octanol–water partition coefficient (Wildman–Crippen LogP) is 2.69. The lowest BCUT2D eigenvalue weighted by molar-refractivity contribution is 0.0950. The highest BCUT2D eigenvalue weighted by Crippen LogP contribution is 2.27. The summed E-state index contributed by atoms with van der Waals surface area (Å²) in [5.74, 6) is -0.632. The van der Waals surface area contributed by atoms with Gasteiger partial charge in [0.1, 0.15) is 11.5 Å². The Morgan fingerprint density at radius 2 is 2.08 bits per heavy atom. The molecule has 3 aromatic rings. The zero-order valence-corrected chi connectivity index (χ0v) is 13.7. The molecule has 0 atom stereocenters. The highest BCUT2D eigenvalue weighted by Gasteiger charge is 2.11. The number of para-hydroxylation sites is 1. The van der Waals surface area contributed by atoms with Crippen molar-refractivity contribution in [2.75, 3.05) is 7.11 Å². The van der Waals surface area contributed by atoms with Gasteiger partial charge in [-0.15, -0.1) is 0 Å². The maximum atomic E-state index is 13.0. The minimum Gasteiger partial charge on any atom is -0.504 e. The van der Waals surface area contributed by atoms with Crippen LogP contribution < -0.4 is 10.2 Å². The van der Waals surface area contributed by atoms with E-state index in [1.165, 1.54) is 31.5 Å². The molecule has 0 saturated carbocycles. The number of rotatable bonds is 5. The lowest BCUT2D eigenvalue weighted by Crippen LogP contribution is -2.18. The van der Waals surface area contributed by atoms with E-state index in [0.29, 0.717) is 22.6 Å². The van der Waals surface area contributed by atoms with E-state index in [1.807, 2.05) is 0 Å². The molecule has 0 bridgehead atoms. The number of hydrogen-bond acceptors (Lipinski definition) is 5. The molecule has 132 valence electrons. The molecule has 0 saturated heterocycles. The summed E-state index contributed by atoms with van der Waals surface area (Å²) < 4.78 is 18.0. The first-order valence-corrected chi connectivity index (χ1v) is 7.59. The van der Waals surface area contributed by atoms with Crippen LogP contribution in [-0.2, 0) is 0 Å². The highest BCUT2D eigenvalue weighted by molar-refractivity contribution is 5.94. The van der Waals surface area contributed by atoms with Gasteiger partial charge >= 0.3 is 0 Å². The molecule has 0 radical (unpaired) electrons. The average molecular weight is 354 g/mol. The average Bonchev–Trinajstić information content (AvgIpc) is 3.14. The van der Waals surface area contributed by atoms with Crippen LogP contribution >= 0.6 is 0 Å². The lowest BCUT2D eigenvalue weighted by atomic mass is 10.1. The summed E-state index contributed by atoms with van der Waals surface area (Å²) in [6, 6.07) is 12.2. The van der Waals surface area contributed by atoms with Gasteiger partial charge in [0.05, 0.1) is 19.0 Å². The van der Waals surface area contributed by atoms with Crippen molar-refractivity contribution in [2.24, 2.45) is 5.10 Å². The number of carbonyl (C=O) groups is 1. The third-order valence-corrected chi connectivity index (χ3v) is 3.58. The third-order valence-electron chi connectivity index (χ3n) is 3.58. The lowest BCUT2D eigenvalue weighted by Gasteiger charge is -2.04. The molecule has 0 unspecified atom stereocenters. The smallest absolute Gasteiger partial charge is 0.289 e. The van der Waals surface area contributed by atoms with Crippen LogP contribution in [0.2, 0.25) is 0 Å². The first-order valence-electron chi connectivity index (χ1n) is 7.59. The van der Waals surface area contributed by atoms with Crippen molar-refractivity contribution < 1.29 is 19.0 Å². The molecule has 26 heavy (non-hydrogen) atoms. The number of nitrogens with one attached hydrogen (secondary N) is 2. The van der Waals surface area contributed by atoms with Crippen LogP contribution in [0.15, 0.2) is 53.6 Å². The van der Waals surface area contributed by atoms with Crippen LogP contribution in [0.5, 0.6) is 11.5 Å². The van der Waals surface area contributed by atoms with Gasteiger partial charge in [-0.2, -0.15) is 10.2 Å². The van der Waals surface area contributed by atoms with Gasteiger partial charge in [0, 0.05) is 11.1 Å². The summed E-state index contributed by atoms with van der Waals surface area (Å²) >= 11 is 0. The fourth-order valence-corrected chi connectivity index (χ4v) is 2.24. The van der Waals surface area contributed by atoms with Crippen LogP contribution in [0, 0.1) is 5.82 Å². The molecule has 0 aliphatic rings. The van der Waals surface area contributed by atoms with Gasteiger partial charge in [-0.3, -0.25) is 9.89 Å². The molecule has 7 nitrogen and oxygen atoms in total.